The zero-order valence-electron chi connectivity index (χ0n) is 19.7. The lowest BCUT2D eigenvalue weighted by Gasteiger charge is -2.32. The van der Waals surface area contributed by atoms with E-state index in [-0.39, 0.29) is 5.91 Å². The average Bonchev–Trinajstić information content (AvgIpc) is 3.58. The summed E-state index contributed by atoms with van der Waals surface area (Å²) in [6.45, 7) is 1.50. The fourth-order valence-electron chi connectivity index (χ4n) is 4.51. The second kappa shape index (κ2) is 10.5. The second-order valence-corrected chi connectivity index (χ2v) is 8.69. The molecule has 9 nitrogen and oxygen atoms in total. The summed E-state index contributed by atoms with van der Waals surface area (Å²) in [6.07, 6.45) is 5.28. The Hall–Kier alpha value is -4.01. The Bertz CT molecular complexity index is 1260. The van der Waals surface area contributed by atoms with E-state index in [1.165, 1.54) is 0 Å². The van der Waals surface area contributed by atoms with Gasteiger partial charge in [0.15, 0.2) is 0 Å². The van der Waals surface area contributed by atoms with Crippen molar-refractivity contribution in [3.05, 3.63) is 72.6 Å². The summed E-state index contributed by atoms with van der Waals surface area (Å²) >= 11 is 0. The van der Waals surface area contributed by atoms with Gasteiger partial charge in [-0.3, -0.25) is 9.36 Å². The van der Waals surface area contributed by atoms with Gasteiger partial charge in [-0.15, -0.1) is 10.2 Å². The number of amides is 1. The molecule has 1 aliphatic heterocycles. The third kappa shape index (κ3) is 5.24. The Morgan fingerprint density at radius 3 is 2.66 bits per heavy atom. The van der Waals surface area contributed by atoms with E-state index in [9.17, 15) is 4.79 Å². The van der Waals surface area contributed by atoms with Crippen LogP contribution in [0.5, 0.6) is 5.75 Å². The number of nitrogens with zero attached hydrogens (tertiary/aromatic N) is 6. The maximum atomic E-state index is 12.8. The fourth-order valence-corrected chi connectivity index (χ4v) is 4.51. The summed E-state index contributed by atoms with van der Waals surface area (Å²) in [7, 11) is 1.61. The van der Waals surface area contributed by atoms with Gasteiger partial charge in [0.2, 0.25) is 17.6 Å². The van der Waals surface area contributed by atoms with Crippen LogP contribution >= 0.6 is 0 Å². The van der Waals surface area contributed by atoms with E-state index < -0.39 is 0 Å². The van der Waals surface area contributed by atoms with Crippen LogP contribution in [0.15, 0.2) is 65.4 Å². The number of carbonyl (C=O) groups is 1. The van der Waals surface area contributed by atoms with E-state index in [1.54, 1.807) is 13.4 Å². The summed E-state index contributed by atoms with van der Waals surface area (Å²) in [5.74, 6) is 3.16. The standard InChI is InChI=1S/C26H28N6O3/c1-34-22-10-6-5-9-21(22)26-28-24(35-30-26)11-12-25(33)31-15-13-19(14-16-31)17-23-29-27-18-32(23)20-7-3-2-4-8-20/h2-10,18-19H,11-17H2,1H3. The number of rotatable bonds is 8. The van der Waals surface area contributed by atoms with Gasteiger partial charge in [-0.2, -0.15) is 4.98 Å². The van der Waals surface area contributed by atoms with Gasteiger partial charge in [-0.1, -0.05) is 35.5 Å². The number of likely N-dealkylation sites (tertiary alicyclic amines) is 1. The molecule has 4 aromatic rings. The van der Waals surface area contributed by atoms with Gasteiger partial charge < -0.3 is 14.2 Å². The minimum absolute atomic E-state index is 0.118. The SMILES string of the molecule is COc1ccccc1-c1noc(CCC(=O)N2CCC(Cc3nncn3-c3ccccc3)CC2)n1. The molecule has 2 aromatic carbocycles. The van der Waals surface area contributed by atoms with Crippen molar-refractivity contribution in [1.29, 1.82) is 0 Å². The van der Waals surface area contributed by atoms with Crippen molar-refractivity contribution in [3.8, 4) is 22.8 Å². The maximum Gasteiger partial charge on any atom is 0.227 e. The highest BCUT2D eigenvalue weighted by molar-refractivity contribution is 5.76. The number of piperidine rings is 1. The lowest BCUT2D eigenvalue weighted by molar-refractivity contribution is -0.132. The van der Waals surface area contributed by atoms with E-state index in [2.05, 4.69) is 32.5 Å². The molecule has 0 N–H and O–H groups in total. The van der Waals surface area contributed by atoms with Gasteiger partial charge in [0.25, 0.3) is 0 Å². The summed E-state index contributed by atoms with van der Waals surface area (Å²) < 4.78 is 12.8. The molecule has 35 heavy (non-hydrogen) atoms. The number of hydrogen-bond donors (Lipinski definition) is 0. The smallest absolute Gasteiger partial charge is 0.227 e. The number of hydrogen-bond acceptors (Lipinski definition) is 7. The van der Waals surface area contributed by atoms with Crippen molar-refractivity contribution in [2.45, 2.75) is 32.1 Å². The molecule has 0 bridgehead atoms. The molecule has 180 valence electrons. The van der Waals surface area contributed by atoms with Crippen LogP contribution in [0, 0.1) is 5.92 Å². The number of ether oxygens (including phenoxy) is 1. The van der Waals surface area contributed by atoms with Crippen LogP contribution in [0.1, 0.15) is 31.0 Å². The Kier molecular flexibility index (Phi) is 6.83. The van der Waals surface area contributed by atoms with Gasteiger partial charge in [0, 0.05) is 38.0 Å². The average molecular weight is 473 g/mol. The molecule has 0 unspecified atom stereocenters. The zero-order chi connectivity index (χ0) is 24.0. The maximum absolute atomic E-state index is 12.8. The van der Waals surface area contributed by atoms with E-state index in [0.29, 0.717) is 36.2 Å². The first-order valence-electron chi connectivity index (χ1n) is 11.9. The zero-order valence-corrected chi connectivity index (χ0v) is 19.7. The normalized spacial score (nSPS) is 14.3. The molecular formula is C26H28N6O3. The number of carbonyl (C=O) groups excluding carboxylic acids is 1. The van der Waals surface area contributed by atoms with Crippen LogP contribution < -0.4 is 4.74 Å². The van der Waals surface area contributed by atoms with Gasteiger partial charge in [0.1, 0.15) is 17.9 Å². The van der Waals surface area contributed by atoms with Gasteiger partial charge in [-0.25, -0.2) is 0 Å². The fraction of sp³-hybridized carbons (Fsp3) is 0.346. The van der Waals surface area contributed by atoms with Gasteiger partial charge in [-0.05, 0) is 43.0 Å². The Balaban J connectivity index is 1.11. The first-order chi connectivity index (χ1) is 17.2. The van der Waals surface area contributed by atoms with Gasteiger partial charge in [0.05, 0.1) is 12.7 Å². The van der Waals surface area contributed by atoms with Crippen LogP contribution in [-0.4, -0.2) is 55.9 Å². The molecule has 0 atom stereocenters. The minimum atomic E-state index is 0.118. The summed E-state index contributed by atoms with van der Waals surface area (Å²) in [6, 6.07) is 17.6. The second-order valence-electron chi connectivity index (χ2n) is 8.69. The monoisotopic (exact) mass is 472 g/mol. The highest BCUT2D eigenvalue weighted by Crippen LogP contribution is 2.27. The lowest BCUT2D eigenvalue weighted by atomic mass is 9.93. The Morgan fingerprint density at radius 1 is 1.09 bits per heavy atom. The van der Waals surface area contributed by atoms with Crippen molar-refractivity contribution < 1.29 is 14.1 Å². The Labute approximate surface area is 203 Å². The molecule has 0 saturated carbocycles. The molecule has 3 heterocycles. The van der Waals surface area contributed by atoms with Crippen molar-refractivity contribution in [2.24, 2.45) is 5.92 Å². The largest absolute Gasteiger partial charge is 0.496 e. The van der Waals surface area contributed by atoms with Crippen molar-refractivity contribution >= 4 is 5.91 Å². The molecule has 2 aromatic heterocycles. The number of para-hydroxylation sites is 2. The number of methoxy groups -OCH3 is 1. The van der Waals surface area contributed by atoms with E-state index >= 15 is 0 Å². The molecule has 0 aliphatic carbocycles. The topological polar surface area (TPSA) is 99.2 Å². The number of aromatic nitrogens is 5. The quantitative estimate of drug-likeness (QED) is 0.385. The van der Waals surface area contributed by atoms with Crippen molar-refractivity contribution in [3.63, 3.8) is 0 Å². The first kappa shape index (κ1) is 22.8. The van der Waals surface area contributed by atoms with Crippen LogP contribution in [0.2, 0.25) is 0 Å². The summed E-state index contributed by atoms with van der Waals surface area (Å²) in [4.78, 5) is 19.2. The first-order valence-corrected chi connectivity index (χ1v) is 11.9. The highest BCUT2D eigenvalue weighted by Gasteiger charge is 2.25. The molecule has 1 saturated heterocycles. The Morgan fingerprint density at radius 2 is 1.86 bits per heavy atom. The lowest BCUT2D eigenvalue weighted by Crippen LogP contribution is -2.39. The molecule has 0 radical (unpaired) electrons. The molecule has 5 rings (SSSR count). The van der Waals surface area contributed by atoms with Crippen LogP contribution in [-0.2, 0) is 17.6 Å². The van der Waals surface area contributed by atoms with E-state index in [0.717, 1.165) is 49.4 Å². The highest BCUT2D eigenvalue weighted by atomic mass is 16.5. The molecular weight excluding hydrogens is 444 g/mol. The minimum Gasteiger partial charge on any atom is -0.496 e. The van der Waals surface area contributed by atoms with Crippen LogP contribution in [0.3, 0.4) is 0 Å². The van der Waals surface area contributed by atoms with Gasteiger partial charge >= 0.3 is 0 Å². The molecule has 1 aliphatic rings. The molecule has 0 spiro atoms. The predicted molar refractivity (Wildman–Crippen MR) is 129 cm³/mol. The summed E-state index contributed by atoms with van der Waals surface area (Å²) in [5.41, 5.74) is 1.83. The predicted octanol–water partition coefficient (Wildman–Crippen LogP) is 3.74. The van der Waals surface area contributed by atoms with Crippen LogP contribution in [0.4, 0.5) is 0 Å². The third-order valence-corrected chi connectivity index (χ3v) is 6.46. The number of benzene rings is 2. The molecule has 9 heteroatoms. The molecule has 1 amide bonds. The number of aryl methyl sites for hydroxylation is 1. The van der Waals surface area contributed by atoms with E-state index in [4.69, 9.17) is 9.26 Å². The van der Waals surface area contributed by atoms with Crippen molar-refractivity contribution in [2.75, 3.05) is 20.2 Å². The summed E-state index contributed by atoms with van der Waals surface area (Å²) in [5, 5.41) is 12.5. The third-order valence-electron chi connectivity index (χ3n) is 6.46. The molecule has 1 fully saturated rings. The van der Waals surface area contributed by atoms with E-state index in [1.807, 2.05) is 51.9 Å². The van der Waals surface area contributed by atoms with Crippen LogP contribution in [0.25, 0.3) is 17.1 Å². The van der Waals surface area contributed by atoms with Crippen molar-refractivity contribution in [1.82, 2.24) is 29.8 Å².